The average molecular weight is 352 g/mol. The molecule has 0 bridgehead atoms. The first-order chi connectivity index (χ1) is 10.0. The highest BCUT2D eigenvalue weighted by atomic mass is 79.9. The van der Waals surface area contributed by atoms with Crippen molar-refractivity contribution < 1.29 is 13.9 Å². The smallest absolute Gasteiger partial charge is 0.337 e. The van der Waals surface area contributed by atoms with Crippen LogP contribution < -0.4 is 5.32 Å². The molecule has 21 heavy (non-hydrogen) atoms. The van der Waals surface area contributed by atoms with Gasteiger partial charge in [-0.25, -0.2) is 9.18 Å². The second kappa shape index (κ2) is 6.72. The number of halogens is 2. The second-order valence-corrected chi connectivity index (χ2v) is 5.53. The fraction of sp³-hybridized carbons (Fsp3) is 0.188. The zero-order chi connectivity index (χ0) is 15.4. The first-order valence-corrected chi connectivity index (χ1v) is 7.17. The number of carbonyl (C=O) groups excluding carboxylic acids is 1. The van der Waals surface area contributed by atoms with Gasteiger partial charge in [-0.15, -0.1) is 0 Å². The molecular weight excluding hydrogens is 337 g/mol. The van der Waals surface area contributed by atoms with E-state index in [1.807, 2.05) is 13.0 Å². The normalized spacial score (nSPS) is 10.3. The maximum atomic E-state index is 13.8. The Balaban J connectivity index is 2.17. The molecule has 2 aromatic carbocycles. The van der Waals surface area contributed by atoms with E-state index < -0.39 is 5.97 Å². The van der Waals surface area contributed by atoms with Crippen LogP contribution in [0.2, 0.25) is 0 Å². The SMILES string of the molecule is COC(=O)c1ccc(C)c(NCc2ccc(Br)cc2F)c1. The Bertz CT molecular complexity index is 673. The molecule has 0 spiro atoms. The third-order valence-corrected chi connectivity index (χ3v) is 3.64. The standard InChI is InChI=1S/C16H15BrFNO2/c1-10-3-4-11(16(20)21-2)7-15(10)19-9-12-5-6-13(17)8-14(12)18/h3-8,19H,9H2,1-2H3. The summed E-state index contributed by atoms with van der Waals surface area (Å²) in [6.07, 6.45) is 0. The van der Waals surface area contributed by atoms with Gasteiger partial charge in [0.1, 0.15) is 5.82 Å². The summed E-state index contributed by atoms with van der Waals surface area (Å²) in [4.78, 5) is 11.5. The number of hydrogen-bond acceptors (Lipinski definition) is 3. The Labute approximate surface area is 131 Å². The minimum absolute atomic E-state index is 0.279. The van der Waals surface area contributed by atoms with Crippen LogP contribution in [-0.2, 0) is 11.3 Å². The maximum Gasteiger partial charge on any atom is 0.337 e. The van der Waals surface area contributed by atoms with Crippen molar-refractivity contribution in [3.8, 4) is 0 Å². The molecule has 0 fully saturated rings. The first-order valence-electron chi connectivity index (χ1n) is 6.38. The number of rotatable bonds is 4. The average Bonchev–Trinajstić information content (AvgIpc) is 2.47. The molecule has 0 saturated carbocycles. The lowest BCUT2D eigenvalue weighted by molar-refractivity contribution is 0.0601. The fourth-order valence-corrected chi connectivity index (χ4v) is 2.25. The van der Waals surface area contributed by atoms with Crippen LogP contribution >= 0.6 is 15.9 Å². The van der Waals surface area contributed by atoms with Crippen molar-refractivity contribution in [2.24, 2.45) is 0 Å². The molecule has 1 N–H and O–H groups in total. The molecule has 110 valence electrons. The third-order valence-electron chi connectivity index (χ3n) is 3.14. The van der Waals surface area contributed by atoms with Gasteiger partial charge in [0, 0.05) is 22.3 Å². The molecule has 0 aliphatic carbocycles. The topological polar surface area (TPSA) is 38.3 Å². The maximum absolute atomic E-state index is 13.8. The number of nitrogens with one attached hydrogen (secondary N) is 1. The summed E-state index contributed by atoms with van der Waals surface area (Å²) in [5, 5.41) is 3.15. The molecule has 0 aliphatic heterocycles. The van der Waals surface area contributed by atoms with Gasteiger partial charge in [-0.05, 0) is 36.8 Å². The fourth-order valence-electron chi connectivity index (χ4n) is 1.91. The quantitative estimate of drug-likeness (QED) is 0.834. The van der Waals surface area contributed by atoms with Crippen LogP contribution in [0, 0.1) is 12.7 Å². The number of carbonyl (C=O) groups is 1. The zero-order valence-electron chi connectivity index (χ0n) is 11.7. The summed E-state index contributed by atoms with van der Waals surface area (Å²) in [7, 11) is 1.34. The van der Waals surface area contributed by atoms with Crippen molar-refractivity contribution in [2.75, 3.05) is 12.4 Å². The van der Waals surface area contributed by atoms with E-state index in [1.54, 1.807) is 24.3 Å². The number of methoxy groups -OCH3 is 1. The highest BCUT2D eigenvalue weighted by molar-refractivity contribution is 9.10. The van der Waals surface area contributed by atoms with E-state index in [0.29, 0.717) is 22.1 Å². The number of esters is 1. The third kappa shape index (κ3) is 3.82. The number of ether oxygens (including phenoxy) is 1. The Hall–Kier alpha value is -1.88. The minimum atomic E-state index is -0.395. The lowest BCUT2D eigenvalue weighted by Crippen LogP contribution is -2.06. The van der Waals surface area contributed by atoms with Crippen molar-refractivity contribution in [2.45, 2.75) is 13.5 Å². The van der Waals surface area contributed by atoms with Gasteiger partial charge in [0.2, 0.25) is 0 Å². The minimum Gasteiger partial charge on any atom is -0.465 e. The summed E-state index contributed by atoms with van der Waals surface area (Å²) < 4.78 is 19.2. The highest BCUT2D eigenvalue weighted by Crippen LogP contribution is 2.20. The van der Waals surface area contributed by atoms with E-state index in [9.17, 15) is 9.18 Å². The Morgan fingerprint density at radius 2 is 2.05 bits per heavy atom. The van der Waals surface area contributed by atoms with Crippen molar-refractivity contribution in [1.29, 1.82) is 0 Å². The van der Waals surface area contributed by atoms with Gasteiger partial charge in [0.05, 0.1) is 12.7 Å². The van der Waals surface area contributed by atoms with Crippen LogP contribution in [0.5, 0.6) is 0 Å². The number of aryl methyl sites for hydroxylation is 1. The van der Waals surface area contributed by atoms with E-state index in [4.69, 9.17) is 4.74 Å². The van der Waals surface area contributed by atoms with Gasteiger partial charge in [-0.1, -0.05) is 28.1 Å². The molecule has 0 aromatic heterocycles. The van der Waals surface area contributed by atoms with Gasteiger partial charge in [-0.3, -0.25) is 0 Å². The Morgan fingerprint density at radius 1 is 1.29 bits per heavy atom. The lowest BCUT2D eigenvalue weighted by Gasteiger charge is -2.12. The molecule has 3 nitrogen and oxygen atoms in total. The molecule has 0 radical (unpaired) electrons. The highest BCUT2D eigenvalue weighted by Gasteiger charge is 2.09. The molecule has 0 atom stereocenters. The van der Waals surface area contributed by atoms with Crippen molar-refractivity contribution in [3.63, 3.8) is 0 Å². The van der Waals surface area contributed by atoms with Gasteiger partial charge in [0.25, 0.3) is 0 Å². The number of hydrogen-bond donors (Lipinski definition) is 1. The molecular formula is C16H15BrFNO2. The summed E-state index contributed by atoms with van der Waals surface area (Å²) in [6.45, 7) is 2.26. The molecule has 2 rings (SSSR count). The Kier molecular flexibility index (Phi) is 4.96. The molecule has 0 saturated heterocycles. The van der Waals surface area contributed by atoms with Crippen LogP contribution in [0.3, 0.4) is 0 Å². The van der Waals surface area contributed by atoms with Gasteiger partial charge in [-0.2, -0.15) is 0 Å². The van der Waals surface area contributed by atoms with Gasteiger partial charge >= 0.3 is 5.97 Å². The predicted molar refractivity (Wildman–Crippen MR) is 83.9 cm³/mol. The van der Waals surface area contributed by atoms with Gasteiger partial charge < -0.3 is 10.1 Å². The zero-order valence-corrected chi connectivity index (χ0v) is 13.3. The van der Waals surface area contributed by atoms with Crippen molar-refractivity contribution in [3.05, 3.63) is 63.4 Å². The summed E-state index contributed by atoms with van der Waals surface area (Å²) in [5.41, 5.74) is 2.77. The molecule has 0 heterocycles. The molecule has 5 heteroatoms. The Morgan fingerprint density at radius 3 is 2.71 bits per heavy atom. The second-order valence-electron chi connectivity index (χ2n) is 4.61. The van der Waals surface area contributed by atoms with Gasteiger partial charge in [0.15, 0.2) is 0 Å². The summed E-state index contributed by atoms with van der Waals surface area (Å²) in [6, 6.07) is 10.2. The molecule has 0 unspecified atom stereocenters. The lowest BCUT2D eigenvalue weighted by atomic mass is 10.1. The summed E-state index contributed by atoms with van der Waals surface area (Å²) in [5.74, 6) is -0.675. The van der Waals surface area contributed by atoms with Crippen LogP contribution in [0.1, 0.15) is 21.5 Å². The molecule has 0 amide bonds. The number of anilines is 1. The number of benzene rings is 2. The van der Waals surface area contributed by atoms with Crippen molar-refractivity contribution in [1.82, 2.24) is 0 Å². The molecule has 0 aliphatic rings. The largest absolute Gasteiger partial charge is 0.465 e. The monoisotopic (exact) mass is 351 g/mol. The first kappa shape index (κ1) is 15.5. The van der Waals surface area contributed by atoms with E-state index in [-0.39, 0.29) is 5.82 Å². The molecule has 2 aromatic rings. The van der Waals surface area contributed by atoms with Crippen LogP contribution in [0.25, 0.3) is 0 Å². The van der Waals surface area contributed by atoms with E-state index >= 15 is 0 Å². The van der Waals surface area contributed by atoms with E-state index in [0.717, 1.165) is 11.3 Å². The predicted octanol–water partition coefficient (Wildman–Crippen LogP) is 4.30. The van der Waals surface area contributed by atoms with Crippen molar-refractivity contribution >= 4 is 27.6 Å². The van der Waals surface area contributed by atoms with Crippen LogP contribution in [0.4, 0.5) is 10.1 Å². The van der Waals surface area contributed by atoms with Crippen LogP contribution in [-0.4, -0.2) is 13.1 Å². The van der Waals surface area contributed by atoms with E-state index in [2.05, 4.69) is 21.2 Å². The van der Waals surface area contributed by atoms with Crippen LogP contribution in [0.15, 0.2) is 40.9 Å². The van der Waals surface area contributed by atoms with E-state index in [1.165, 1.54) is 13.2 Å². The summed E-state index contributed by atoms with van der Waals surface area (Å²) >= 11 is 3.23.